The molecule has 1 aromatic heterocycles. The van der Waals surface area contributed by atoms with Gasteiger partial charge in [-0.25, -0.2) is 4.79 Å². The van der Waals surface area contributed by atoms with Crippen LogP contribution in [0.4, 0.5) is 13.2 Å². The van der Waals surface area contributed by atoms with E-state index in [1.165, 1.54) is 24.3 Å². The van der Waals surface area contributed by atoms with E-state index in [2.05, 4.69) is 11.4 Å². The van der Waals surface area contributed by atoms with Gasteiger partial charge >= 0.3 is 12.1 Å². The van der Waals surface area contributed by atoms with E-state index in [1.54, 1.807) is 6.92 Å². The smallest absolute Gasteiger partial charge is 0.416 e. The summed E-state index contributed by atoms with van der Waals surface area (Å²) in [6, 6.07) is 9.12. The summed E-state index contributed by atoms with van der Waals surface area (Å²) in [7, 11) is 0. The van der Waals surface area contributed by atoms with Crippen molar-refractivity contribution < 1.29 is 31.9 Å². The molecule has 1 aliphatic carbocycles. The number of amides is 1. The van der Waals surface area contributed by atoms with Gasteiger partial charge in [-0.2, -0.15) is 18.4 Å². The molecule has 1 saturated carbocycles. The molecule has 0 unspecified atom stereocenters. The largest absolute Gasteiger partial charge is 0.450 e. The summed E-state index contributed by atoms with van der Waals surface area (Å²) in [5, 5.41) is 11.8. The average Bonchev–Trinajstić information content (AvgIpc) is 3.43. The summed E-state index contributed by atoms with van der Waals surface area (Å²) < 4.78 is 48.6. The predicted octanol–water partition coefficient (Wildman–Crippen LogP) is 3.93. The third-order valence-electron chi connectivity index (χ3n) is 4.64. The Hall–Kier alpha value is -3.28. The number of furan rings is 1. The molecule has 0 bridgehead atoms. The maximum Gasteiger partial charge on any atom is 0.416 e. The molecule has 0 aliphatic heterocycles. The number of benzene rings is 1. The van der Waals surface area contributed by atoms with E-state index in [0.29, 0.717) is 0 Å². The van der Waals surface area contributed by atoms with Gasteiger partial charge in [-0.15, -0.1) is 0 Å². The Morgan fingerprint density at radius 2 is 2.00 bits per heavy atom. The van der Waals surface area contributed by atoms with Crippen LogP contribution in [-0.2, 0) is 15.7 Å². The molecule has 0 spiro atoms. The van der Waals surface area contributed by atoms with E-state index >= 15 is 0 Å². The van der Waals surface area contributed by atoms with Crippen molar-refractivity contribution in [1.82, 2.24) is 5.32 Å². The van der Waals surface area contributed by atoms with Gasteiger partial charge in [-0.3, -0.25) is 4.79 Å². The number of rotatable bonds is 6. The standard InChI is InChI=1S/C20H17F3N2O4/c1-19(11-24,13-5-6-13)25-17(26)10-28-18(27)16-8-7-15(29-16)12-3-2-4-14(9-12)20(21,22)23/h2-4,7-9,13H,5-6,10H2,1H3,(H,25,26)/t19-/m0/s1. The number of carbonyl (C=O) groups excluding carboxylic acids is 2. The molecule has 1 heterocycles. The Balaban J connectivity index is 1.61. The fourth-order valence-electron chi connectivity index (χ4n) is 2.86. The first kappa shape index (κ1) is 20.5. The first-order valence-corrected chi connectivity index (χ1v) is 8.79. The van der Waals surface area contributed by atoms with Gasteiger partial charge in [0.1, 0.15) is 11.3 Å². The summed E-state index contributed by atoms with van der Waals surface area (Å²) in [6.07, 6.45) is -2.82. The van der Waals surface area contributed by atoms with Gasteiger partial charge in [0.15, 0.2) is 6.61 Å². The fourth-order valence-corrected chi connectivity index (χ4v) is 2.86. The molecule has 1 fully saturated rings. The van der Waals surface area contributed by atoms with Crippen LogP contribution < -0.4 is 5.32 Å². The van der Waals surface area contributed by atoms with Gasteiger partial charge in [-0.1, -0.05) is 12.1 Å². The van der Waals surface area contributed by atoms with E-state index in [9.17, 15) is 28.0 Å². The molecule has 2 aromatic rings. The molecular weight excluding hydrogens is 389 g/mol. The number of ether oxygens (including phenoxy) is 1. The number of nitriles is 1. The maximum atomic E-state index is 12.8. The topological polar surface area (TPSA) is 92.3 Å². The maximum absolute atomic E-state index is 12.8. The number of hydrogen-bond acceptors (Lipinski definition) is 5. The van der Waals surface area contributed by atoms with Crippen molar-refractivity contribution in [3.8, 4) is 17.4 Å². The number of nitrogens with one attached hydrogen (secondary N) is 1. The predicted molar refractivity (Wildman–Crippen MR) is 94.3 cm³/mol. The first-order chi connectivity index (χ1) is 13.6. The van der Waals surface area contributed by atoms with Crippen LogP contribution in [0.15, 0.2) is 40.8 Å². The Bertz CT molecular complexity index is 973. The fraction of sp³-hybridized carbons (Fsp3) is 0.350. The van der Waals surface area contributed by atoms with Gasteiger partial charge in [-0.05, 0) is 49.9 Å². The highest BCUT2D eigenvalue weighted by molar-refractivity contribution is 5.89. The second-order valence-electron chi connectivity index (χ2n) is 6.96. The van der Waals surface area contributed by atoms with Crippen LogP contribution in [0.3, 0.4) is 0 Å². The molecule has 29 heavy (non-hydrogen) atoms. The minimum Gasteiger partial charge on any atom is -0.450 e. The molecule has 1 aromatic carbocycles. The number of carbonyl (C=O) groups is 2. The van der Waals surface area contributed by atoms with Crippen LogP contribution in [0, 0.1) is 17.2 Å². The molecule has 0 radical (unpaired) electrons. The molecule has 1 amide bonds. The molecule has 1 aliphatic rings. The third-order valence-corrected chi connectivity index (χ3v) is 4.64. The molecule has 1 atom stereocenters. The SMILES string of the molecule is C[C@@](C#N)(NC(=O)COC(=O)c1ccc(-c2cccc(C(F)(F)F)c2)o1)C1CC1. The number of halogens is 3. The second-order valence-corrected chi connectivity index (χ2v) is 6.96. The van der Waals surface area contributed by atoms with Gasteiger partial charge < -0.3 is 14.5 Å². The summed E-state index contributed by atoms with van der Waals surface area (Å²) in [4.78, 5) is 24.0. The first-order valence-electron chi connectivity index (χ1n) is 8.79. The van der Waals surface area contributed by atoms with Gasteiger partial charge in [0.25, 0.3) is 5.91 Å². The highest BCUT2D eigenvalue weighted by atomic mass is 19.4. The third kappa shape index (κ3) is 4.77. The highest BCUT2D eigenvalue weighted by Crippen LogP contribution is 2.39. The van der Waals surface area contributed by atoms with Crippen molar-refractivity contribution in [3.63, 3.8) is 0 Å². The Morgan fingerprint density at radius 3 is 2.62 bits per heavy atom. The molecule has 9 heteroatoms. The molecule has 3 rings (SSSR count). The Kier molecular flexibility index (Phi) is 5.38. The van der Waals surface area contributed by atoms with Crippen LogP contribution in [0.2, 0.25) is 0 Å². The monoisotopic (exact) mass is 406 g/mol. The number of nitrogens with zero attached hydrogens (tertiary/aromatic N) is 1. The quantitative estimate of drug-likeness (QED) is 0.734. The lowest BCUT2D eigenvalue weighted by Crippen LogP contribution is -2.48. The van der Waals surface area contributed by atoms with Crippen LogP contribution in [0.1, 0.15) is 35.9 Å². The van der Waals surface area contributed by atoms with Crippen LogP contribution in [-0.4, -0.2) is 24.0 Å². The van der Waals surface area contributed by atoms with E-state index in [-0.39, 0.29) is 23.0 Å². The lowest BCUT2D eigenvalue weighted by molar-refractivity contribution is -0.137. The summed E-state index contributed by atoms with van der Waals surface area (Å²) in [6.45, 7) is 1.00. The van der Waals surface area contributed by atoms with Crippen molar-refractivity contribution in [2.75, 3.05) is 6.61 Å². The highest BCUT2D eigenvalue weighted by Gasteiger charge is 2.43. The van der Waals surface area contributed by atoms with Crippen molar-refractivity contribution in [3.05, 3.63) is 47.7 Å². The van der Waals surface area contributed by atoms with E-state index in [4.69, 9.17) is 9.15 Å². The Labute approximate surface area is 164 Å². The zero-order valence-corrected chi connectivity index (χ0v) is 15.4. The van der Waals surface area contributed by atoms with Gasteiger partial charge in [0.05, 0.1) is 11.6 Å². The number of hydrogen-bond donors (Lipinski definition) is 1. The van der Waals surface area contributed by atoms with E-state index in [0.717, 1.165) is 25.0 Å². The number of alkyl halides is 3. The average molecular weight is 406 g/mol. The summed E-state index contributed by atoms with van der Waals surface area (Å²) in [5.74, 6) is -1.69. The lowest BCUT2D eigenvalue weighted by atomic mass is 9.98. The molecular formula is C20H17F3N2O4. The van der Waals surface area contributed by atoms with Gasteiger partial charge in [0, 0.05) is 5.56 Å². The molecule has 0 saturated heterocycles. The van der Waals surface area contributed by atoms with Gasteiger partial charge in [0.2, 0.25) is 5.76 Å². The molecule has 152 valence electrons. The summed E-state index contributed by atoms with van der Waals surface area (Å²) >= 11 is 0. The van der Waals surface area contributed by atoms with Crippen molar-refractivity contribution in [2.24, 2.45) is 5.92 Å². The summed E-state index contributed by atoms with van der Waals surface area (Å²) in [5.41, 5.74) is -1.71. The van der Waals surface area contributed by atoms with Crippen LogP contribution in [0.5, 0.6) is 0 Å². The Morgan fingerprint density at radius 1 is 1.28 bits per heavy atom. The van der Waals surface area contributed by atoms with E-state index < -0.39 is 35.8 Å². The van der Waals surface area contributed by atoms with Crippen molar-refractivity contribution >= 4 is 11.9 Å². The van der Waals surface area contributed by atoms with Crippen LogP contribution in [0.25, 0.3) is 11.3 Å². The zero-order valence-electron chi connectivity index (χ0n) is 15.4. The van der Waals surface area contributed by atoms with Crippen LogP contribution >= 0.6 is 0 Å². The molecule has 6 nitrogen and oxygen atoms in total. The zero-order chi connectivity index (χ0) is 21.2. The van der Waals surface area contributed by atoms with Crippen molar-refractivity contribution in [1.29, 1.82) is 5.26 Å². The molecule has 1 N–H and O–H groups in total. The van der Waals surface area contributed by atoms with E-state index in [1.807, 2.05) is 0 Å². The second kappa shape index (κ2) is 7.62. The normalized spacial score (nSPS) is 15.8. The number of esters is 1. The minimum atomic E-state index is -4.50. The van der Waals surface area contributed by atoms with Crippen molar-refractivity contribution in [2.45, 2.75) is 31.5 Å². The minimum absolute atomic E-state index is 0.0540. The lowest BCUT2D eigenvalue weighted by Gasteiger charge is -2.22.